The molecule has 0 spiro atoms. The highest BCUT2D eigenvalue weighted by molar-refractivity contribution is 6.04. The molecule has 0 aliphatic rings. The molecule has 2 aromatic rings. The van der Waals surface area contributed by atoms with Crippen molar-refractivity contribution in [3.05, 3.63) is 47.8 Å². The van der Waals surface area contributed by atoms with Crippen molar-refractivity contribution in [1.82, 2.24) is 9.78 Å². The minimum absolute atomic E-state index is 0.0163. The van der Waals surface area contributed by atoms with Crippen LogP contribution < -0.4 is 5.32 Å². The lowest BCUT2D eigenvalue weighted by Gasteiger charge is -2.03. The normalized spacial score (nSPS) is 10.2. The van der Waals surface area contributed by atoms with E-state index in [1.165, 1.54) is 24.2 Å². The molecule has 0 radical (unpaired) electrons. The molecule has 0 atom stereocenters. The van der Waals surface area contributed by atoms with Gasteiger partial charge < -0.3 is 15.2 Å². The molecule has 0 aliphatic carbocycles. The number of esters is 1. The third kappa shape index (κ3) is 3.90. The van der Waals surface area contributed by atoms with Crippen molar-refractivity contribution >= 4 is 17.6 Å². The number of benzene rings is 1. The van der Waals surface area contributed by atoms with Gasteiger partial charge in [0, 0.05) is 11.8 Å². The molecule has 0 saturated heterocycles. The zero-order valence-electron chi connectivity index (χ0n) is 11.4. The van der Waals surface area contributed by atoms with Gasteiger partial charge in [0.1, 0.15) is 6.54 Å². The number of ether oxygens (including phenoxy) is 1. The molecule has 0 unspecified atom stereocenters. The number of methoxy groups -OCH3 is 1. The number of aromatic nitrogens is 2. The maximum Gasteiger partial charge on any atom is 0.327 e. The van der Waals surface area contributed by atoms with Crippen molar-refractivity contribution in [2.24, 2.45) is 0 Å². The number of amides is 1. The first kappa shape index (κ1) is 14.7. The van der Waals surface area contributed by atoms with Crippen LogP contribution in [0.25, 0.3) is 0 Å². The molecule has 110 valence electrons. The van der Waals surface area contributed by atoms with E-state index in [1.54, 1.807) is 24.3 Å². The van der Waals surface area contributed by atoms with E-state index in [-0.39, 0.29) is 19.1 Å². The van der Waals surface area contributed by atoms with Crippen molar-refractivity contribution in [3.8, 4) is 0 Å². The number of anilines is 1. The first-order valence-electron chi connectivity index (χ1n) is 6.23. The van der Waals surface area contributed by atoms with Gasteiger partial charge in [-0.3, -0.25) is 14.3 Å². The molecule has 0 aliphatic heterocycles. The van der Waals surface area contributed by atoms with Gasteiger partial charge in [0.2, 0.25) is 0 Å². The summed E-state index contributed by atoms with van der Waals surface area (Å²) in [6, 6.07) is 6.60. The predicted octanol–water partition coefficient (Wildman–Crippen LogP) is 0.801. The summed E-state index contributed by atoms with van der Waals surface area (Å²) in [5.41, 5.74) is 1.68. The van der Waals surface area contributed by atoms with E-state index in [1.807, 2.05) is 0 Å². The average Bonchev–Trinajstić information content (AvgIpc) is 2.94. The van der Waals surface area contributed by atoms with Crippen LogP contribution in [0.15, 0.2) is 36.7 Å². The Bertz CT molecular complexity index is 634. The van der Waals surface area contributed by atoms with Gasteiger partial charge in [-0.1, -0.05) is 12.1 Å². The molecule has 0 fully saturated rings. The van der Waals surface area contributed by atoms with Crippen LogP contribution in [0.2, 0.25) is 0 Å². The van der Waals surface area contributed by atoms with Crippen molar-refractivity contribution < 1.29 is 19.4 Å². The number of carbonyl (C=O) groups excluding carboxylic acids is 2. The molecule has 1 aromatic heterocycles. The van der Waals surface area contributed by atoms with Gasteiger partial charge in [0.25, 0.3) is 5.91 Å². The fourth-order valence-corrected chi connectivity index (χ4v) is 1.68. The third-order valence-electron chi connectivity index (χ3n) is 2.81. The summed E-state index contributed by atoms with van der Waals surface area (Å²) in [5.74, 6) is -0.715. The SMILES string of the molecule is COC(=O)Cn1cc(NC(=O)c2ccc(CO)cc2)cn1. The van der Waals surface area contributed by atoms with E-state index in [0.29, 0.717) is 11.3 Å². The van der Waals surface area contributed by atoms with Crippen LogP contribution in [0, 0.1) is 0 Å². The molecular weight excluding hydrogens is 274 g/mol. The number of rotatable bonds is 5. The monoisotopic (exact) mass is 289 g/mol. The lowest BCUT2D eigenvalue weighted by Crippen LogP contribution is -2.12. The molecule has 21 heavy (non-hydrogen) atoms. The fourth-order valence-electron chi connectivity index (χ4n) is 1.68. The second-order valence-corrected chi connectivity index (χ2v) is 4.31. The Labute approximate surface area is 121 Å². The van der Waals surface area contributed by atoms with Crippen LogP contribution in [0.5, 0.6) is 0 Å². The highest BCUT2D eigenvalue weighted by Gasteiger charge is 2.09. The van der Waals surface area contributed by atoms with Gasteiger partial charge in [0.15, 0.2) is 0 Å². The van der Waals surface area contributed by atoms with E-state index in [4.69, 9.17) is 5.11 Å². The number of carbonyl (C=O) groups is 2. The molecule has 1 aromatic carbocycles. The summed E-state index contributed by atoms with van der Waals surface area (Å²) in [6.07, 6.45) is 2.99. The Kier molecular flexibility index (Phi) is 4.68. The quantitative estimate of drug-likeness (QED) is 0.794. The first-order chi connectivity index (χ1) is 10.1. The molecule has 2 rings (SSSR count). The van der Waals surface area contributed by atoms with Gasteiger partial charge in [-0.15, -0.1) is 0 Å². The summed E-state index contributed by atoms with van der Waals surface area (Å²) >= 11 is 0. The lowest BCUT2D eigenvalue weighted by molar-refractivity contribution is -0.141. The van der Waals surface area contributed by atoms with Crippen molar-refractivity contribution in [1.29, 1.82) is 0 Å². The second kappa shape index (κ2) is 6.67. The van der Waals surface area contributed by atoms with Crippen LogP contribution in [0.1, 0.15) is 15.9 Å². The number of nitrogens with one attached hydrogen (secondary N) is 1. The first-order valence-corrected chi connectivity index (χ1v) is 6.23. The number of hydrogen-bond acceptors (Lipinski definition) is 5. The zero-order valence-corrected chi connectivity index (χ0v) is 11.4. The van der Waals surface area contributed by atoms with Gasteiger partial charge >= 0.3 is 5.97 Å². The standard InChI is InChI=1S/C14H15N3O4/c1-21-13(19)8-17-7-12(6-15-17)16-14(20)11-4-2-10(9-18)3-5-11/h2-7,18H,8-9H2,1H3,(H,16,20). The Morgan fingerprint density at radius 3 is 2.67 bits per heavy atom. The van der Waals surface area contributed by atoms with E-state index < -0.39 is 5.97 Å². The van der Waals surface area contributed by atoms with Crippen molar-refractivity contribution in [2.75, 3.05) is 12.4 Å². The second-order valence-electron chi connectivity index (χ2n) is 4.31. The Hall–Kier alpha value is -2.67. The molecule has 7 nitrogen and oxygen atoms in total. The summed E-state index contributed by atoms with van der Waals surface area (Å²) in [5, 5.41) is 15.6. The maximum atomic E-state index is 12.0. The molecule has 1 heterocycles. The molecule has 0 bridgehead atoms. The Morgan fingerprint density at radius 2 is 2.05 bits per heavy atom. The Morgan fingerprint density at radius 1 is 1.33 bits per heavy atom. The van der Waals surface area contributed by atoms with E-state index >= 15 is 0 Å². The smallest absolute Gasteiger partial charge is 0.327 e. The van der Waals surface area contributed by atoms with Gasteiger partial charge in [0.05, 0.1) is 25.6 Å². The van der Waals surface area contributed by atoms with E-state index in [9.17, 15) is 9.59 Å². The Balaban J connectivity index is 2.00. The zero-order chi connectivity index (χ0) is 15.2. The van der Waals surface area contributed by atoms with Gasteiger partial charge in [-0.25, -0.2) is 0 Å². The van der Waals surface area contributed by atoms with Crippen molar-refractivity contribution in [2.45, 2.75) is 13.2 Å². The van der Waals surface area contributed by atoms with E-state index in [2.05, 4.69) is 15.2 Å². The fraction of sp³-hybridized carbons (Fsp3) is 0.214. The summed E-state index contributed by atoms with van der Waals surface area (Å²) in [7, 11) is 1.30. The average molecular weight is 289 g/mol. The predicted molar refractivity (Wildman–Crippen MR) is 74.6 cm³/mol. The molecule has 2 N–H and O–H groups in total. The number of nitrogens with zero attached hydrogens (tertiary/aromatic N) is 2. The third-order valence-corrected chi connectivity index (χ3v) is 2.81. The summed E-state index contributed by atoms with van der Waals surface area (Å²) < 4.78 is 5.90. The summed E-state index contributed by atoms with van der Waals surface area (Å²) in [4.78, 5) is 23.1. The van der Waals surface area contributed by atoms with Crippen molar-refractivity contribution in [3.63, 3.8) is 0 Å². The van der Waals surface area contributed by atoms with Gasteiger partial charge in [-0.2, -0.15) is 5.10 Å². The van der Waals surface area contributed by atoms with Crippen LogP contribution in [0.3, 0.4) is 0 Å². The summed E-state index contributed by atoms with van der Waals surface area (Å²) in [6.45, 7) is -0.0836. The minimum Gasteiger partial charge on any atom is -0.468 e. The molecule has 0 saturated carbocycles. The topological polar surface area (TPSA) is 93.5 Å². The maximum absolute atomic E-state index is 12.0. The van der Waals surface area contributed by atoms with Crippen LogP contribution in [-0.2, 0) is 22.7 Å². The molecule has 1 amide bonds. The van der Waals surface area contributed by atoms with Gasteiger partial charge in [-0.05, 0) is 17.7 Å². The van der Waals surface area contributed by atoms with Crippen LogP contribution in [0.4, 0.5) is 5.69 Å². The van der Waals surface area contributed by atoms with Crippen LogP contribution in [-0.4, -0.2) is 33.9 Å². The van der Waals surface area contributed by atoms with Crippen LogP contribution >= 0.6 is 0 Å². The largest absolute Gasteiger partial charge is 0.468 e. The number of aliphatic hydroxyl groups excluding tert-OH is 1. The number of hydrogen-bond donors (Lipinski definition) is 2. The highest BCUT2D eigenvalue weighted by atomic mass is 16.5. The molecular formula is C14H15N3O4. The minimum atomic E-state index is -0.421. The number of aliphatic hydroxyl groups is 1. The highest BCUT2D eigenvalue weighted by Crippen LogP contribution is 2.10. The van der Waals surface area contributed by atoms with E-state index in [0.717, 1.165) is 5.56 Å². The molecule has 7 heteroatoms. The lowest BCUT2D eigenvalue weighted by atomic mass is 10.1.